The van der Waals surface area contributed by atoms with Crippen molar-refractivity contribution in [1.82, 2.24) is 25.1 Å². The number of benzene rings is 1. The summed E-state index contributed by atoms with van der Waals surface area (Å²) in [5.41, 5.74) is 4.15. The van der Waals surface area contributed by atoms with Gasteiger partial charge in [-0.2, -0.15) is 0 Å². The summed E-state index contributed by atoms with van der Waals surface area (Å²) in [6.07, 6.45) is 0. The third-order valence-corrected chi connectivity index (χ3v) is 7.10. The molecule has 11 heteroatoms. The molecule has 2 amide bonds. The lowest BCUT2D eigenvalue weighted by Gasteiger charge is -2.37. The first-order valence-corrected chi connectivity index (χ1v) is 12.7. The number of aromatic nitrogens is 4. The Bertz CT molecular complexity index is 1490. The van der Waals surface area contributed by atoms with Crippen LogP contribution in [0.3, 0.4) is 0 Å². The number of ether oxygens (including phenoxy) is 1. The maximum Gasteiger partial charge on any atom is 0.253 e. The number of halogens is 1. The fourth-order valence-electron chi connectivity index (χ4n) is 4.34. The molecule has 188 valence electrons. The number of nitrogens with one attached hydrogen (secondary N) is 1. The van der Waals surface area contributed by atoms with Crippen LogP contribution in [0.15, 0.2) is 54.0 Å². The topological polar surface area (TPSA) is 110 Å². The van der Waals surface area contributed by atoms with Crippen LogP contribution in [0.5, 0.6) is 11.8 Å². The number of carbonyl (C=O) groups is 2. The van der Waals surface area contributed by atoms with Gasteiger partial charge in [-0.1, -0.05) is 55.0 Å². The lowest BCUT2D eigenvalue weighted by Crippen LogP contribution is -2.38. The molecule has 5 rings (SSSR count). The van der Waals surface area contributed by atoms with E-state index in [0.29, 0.717) is 28.1 Å². The van der Waals surface area contributed by atoms with E-state index in [1.165, 1.54) is 16.2 Å². The van der Waals surface area contributed by atoms with Crippen LogP contribution < -0.4 is 10.1 Å². The Morgan fingerprint density at radius 2 is 1.68 bits per heavy atom. The molecule has 1 aliphatic heterocycles. The molecule has 0 spiro atoms. The van der Waals surface area contributed by atoms with Crippen molar-refractivity contribution in [3.8, 4) is 23.0 Å². The Morgan fingerprint density at radius 3 is 2.32 bits per heavy atom. The molecule has 1 atom stereocenters. The summed E-state index contributed by atoms with van der Waals surface area (Å²) in [6, 6.07) is 14.5. The minimum atomic E-state index is -0.939. The SMILES string of the molecule is CN(C)C(=O)c1ccc(-c2ccc3c(n2)Oc2nc(Cl)ccc2C3C(C)(C)C(=O)Nc2nncs2)cc1. The van der Waals surface area contributed by atoms with Crippen LogP contribution >= 0.6 is 22.9 Å². The molecule has 3 aromatic heterocycles. The van der Waals surface area contributed by atoms with Gasteiger partial charge < -0.3 is 15.0 Å². The number of hydrogen-bond acceptors (Lipinski definition) is 8. The van der Waals surface area contributed by atoms with Crippen LogP contribution in [0.2, 0.25) is 5.15 Å². The second kappa shape index (κ2) is 9.53. The molecule has 1 N–H and O–H groups in total. The average Bonchev–Trinajstić information content (AvgIpc) is 3.39. The zero-order valence-electron chi connectivity index (χ0n) is 20.5. The van der Waals surface area contributed by atoms with Crippen LogP contribution in [-0.2, 0) is 4.79 Å². The first-order valence-electron chi connectivity index (χ1n) is 11.4. The molecule has 0 radical (unpaired) electrons. The molecule has 4 aromatic rings. The van der Waals surface area contributed by atoms with Crippen molar-refractivity contribution in [3.05, 3.63) is 75.9 Å². The van der Waals surface area contributed by atoms with Gasteiger partial charge >= 0.3 is 0 Å². The van der Waals surface area contributed by atoms with Crippen molar-refractivity contribution < 1.29 is 14.3 Å². The van der Waals surface area contributed by atoms with E-state index in [1.807, 2.05) is 44.2 Å². The van der Waals surface area contributed by atoms with Crippen molar-refractivity contribution in [3.63, 3.8) is 0 Å². The number of carbonyl (C=O) groups excluding carboxylic acids is 2. The Kier molecular flexibility index (Phi) is 6.38. The van der Waals surface area contributed by atoms with E-state index in [0.717, 1.165) is 16.7 Å². The van der Waals surface area contributed by atoms with E-state index in [4.69, 9.17) is 21.3 Å². The van der Waals surface area contributed by atoms with Gasteiger partial charge in [0.1, 0.15) is 10.7 Å². The van der Waals surface area contributed by atoms with E-state index < -0.39 is 11.3 Å². The summed E-state index contributed by atoms with van der Waals surface area (Å²) in [5, 5.41) is 11.3. The number of hydrogen-bond donors (Lipinski definition) is 1. The normalized spacial score (nSPS) is 14.2. The molecule has 9 nitrogen and oxygen atoms in total. The van der Waals surface area contributed by atoms with Crippen LogP contribution in [-0.4, -0.2) is 51.0 Å². The van der Waals surface area contributed by atoms with Gasteiger partial charge in [-0.15, -0.1) is 10.2 Å². The Labute approximate surface area is 222 Å². The number of anilines is 1. The summed E-state index contributed by atoms with van der Waals surface area (Å²) in [5.74, 6) is -0.0862. The van der Waals surface area contributed by atoms with Crippen molar-refractivity contribution in [1.29, 1.82) is 0 Å². The molecule has 0 saturated carbocycles. The predicted molar refractivity (Wildman–Crippen MR) is 141 cm³/mol. The highest BCUT2D eigenvalue weighted by molar-refractivity contribution is 7.13. The highest BCUT2D eigenvalue weighted by Gasteiger charge is 2.45. The smallest absolute Gasteiger partial charge is 0.253 e. The maximum atomic E-state index is 13.4. The van der Waals surface area contributed by atoms with Crippen molar-refractivity contribution in [2.75, 3.05) is 19.4 Å². The van der Waals surface area contributed by atoms with Gasteiger partial charge in [-0.3, -0.25) is 9.59 Å². The average molecular weight is 535 g/mol. The van der Waals surface area contributed by atoms with E-state index in [-0.39, 0.29) is 17.0 Å². The lowest BCUT2D eigenvalue weighted by molar-refractivity contribution is -0.124. The molecule has 0 fully saturated rings. The van der Waals surface area contributed by atoms with E-state index >= 15 is 0 Å². The monoisotopic (exact) mass is 534 g/mol. The Hall–Kier alpha value is -3.89. The number of fused-ring (bicyclic) bond motifs is 2. The van der Waals surface area contributed by atoms with E-state index in [9.17, 15) is 9.59 Å². The minimum absolute atomic E-state index is 0.0790. The molecule has 0 aliphatic carbocycles. The van der Waals surface area contributed by atoms with Gasteiger partial charge in [-0.25, -0.2) is 9.97 Å². The summed E-state index contributed by atoms with van der Waals surface area (Å²) < 4.78 is 6.11. The number of amides is 2. The zero-order chi connectivity index (χ0) is 26.3. The highest BCUT2D eigenvalue weighted by Crippen LogP contribution is 2.51. The highest BCUT2D eigenvalue weighted by atomic mass is 35.5. The summed E-state index contributed by atoms with van der Waals surface area (Å²) in [6.45, 7) is 3.71. The number of pyridine rings is 2. The number of rotatable bonds is 5. The second-order valence-corrected chi connectivity index (χ2v) is 10.6. The van der Waals surface area contributed by atoms with Crippen LogP contribution in [0.4, 0.5) is 5.13 Å². The maximum absolute atomic E-state index is 13.4. The van der Waals surface area contributed by atoms with Gasteiger partial charge in [0.15, 0.2) is 0 Å². The molecular weight excluding hydrogens is 512 g/mol. The van der Waals surface area contributed by atoms with Crippen molar-refractivity contribution in [2.24, 2.45) is 5.41 Å². The Morgan fingerprint density at radius 1 is 1.00 bits per heavy atom. The van der Waals surface area contributed by atoms with Gasteiger partial charge in [0, 0.05) is 42.3 Å². The lowest BCUT2D eigenvalue weighted by atomic mass is 9.70. The predicted octanol–water partition coefficient (Wildman–Crippen LogP) is 5.25. The third-order valence-electron chi connectivity index (χ3n) is 6.28. The minimum Gasteiger partial charge on any atom is -0.420 e. The molecule has 1 aromatic carbocycles. The second-order valence-electron chi connectivity index (χ2n) is 9.35. The molecule has 37 heavy (non-hydrogen) atoms. The Balaban J connectivity index is 1.55. The van der Waals surface area contributed by atoms with E-state index in [1.54, 1.807) is 37.8 Å². The zero-order valence-corrected chi connectivity index (χ0v) is 22.1. The summed E-state index contributed by atoms with van der Waals surface area (Å²) in [4.78, 5) is 36.3. The standard InChI is InChI=1S/C26H23ClN6O3S/c1-26(2,24(35)31-25-32-28-13-37-25)20-16-9-11-18(14-5-7-15(8-6-14)23(34)33(3)4)29-21(16)36-22-17(20)10-12-19(27)30-22/h5-13,20H,1-4H3,(H,31,32,35). The molecule has 1 aliphatic rings. The van der Waals surface area contributed by atoms with Crippen LogP contribution in [0.25, 0.3) is 11.3 Å². The van der Waals surface area contributed by atoms with Crippen molar-refractivity contribution in [2.45, 2.75) is 19.8 Å². The van der Waals surface area contributed by atoms with Gasteiger partial charge in [0.2, 0.25) is 22.8 Å². The first-order chi connectivity index (χ1) is 17.6. The fraction of sp³-hybridized carbons (Fsp3) is 0.231. The largest absolute Gasteiger partial charge is 0.420 e. The number of nitrogens with zero attached hydrogens (tertiary/aromatic N) is 5. The van der Waals surface area contributed by atoms with E-state index in [2.05, 4.69) is 20.5 Å². The molecular formula is C26H23ClN6O3S. The van der Waals surface area contributed by atoms with Gasteiger partial charge in [0.05, 0.1) is 11.1 Å². The molecule has 1 unspecified atom stereocenters. The first kappa shape index (κ1) is 24.8. The van der Waals surface area contributed by atoms with Crippen molar-refractivity contribution >= 4 is 39.9 Å². The molecule has 0 bridgehead atoms. The van der Waals surface area contributed by atoms with Gasteiger partial charge in [-0.05, 0) is 30.3 Å². The third kappa shape index (κ3) is 4.65. The molecule has 4 heterocycles. The van der Waals surface area contributed by atoms with Gasteiger partial charge in [0.25, 0.3) is 5.91 Å². The quantitative estimate of drug-likeness (QED) is 0.348. The summed E-state index contributed by atoms with van der Waals surface area (Å²) >= 11 is 7.42. The van der Waals surface area contributed by atoms with Crippen LogP contribution in [0, 0.1) is 5.41 Å². The van der Waals surface area contributed by atoms with Crippen LogP contribution in [0.1, 0.15) is 41.3 Å². The summed E-state index contributed by atoms with van der Waals surface area (Å²) in [7, 11) is 3.42. The fourth-order valence-corrected chi connectivity index (χ4v) is 4.92. The molecule has 0 saturated heterocycles.